The number of carbonyl (C=O) groups excluding carboxylic acids is 4. The van der Waals surface area contributed by atoms with Gasteiger partial charge in [-0.1, -0.05) is 55.5 Å². The van der Waals surface area contributed by atoms with Crippen LogP contribution in [0.5, 0.6) is 0 Å². The molecule has 0 saturated carbocycles. The molecule has 4 unspecified atom stereocenters. The average molecular weight is 817 g/mol. The maximum Gasteiger partial charge on any atom is 0.407 e. The van der Waals surface area contributed by atoms with Crippen molar-refractivity contribution in [3.63, 3.8) is 0 Å². The predicted molar refractivity (Wildman–Crippen MR) is 224 cm³/mol. The number of carbonyl (C=O) groups is 4. The summed E-state index contributed by atoms with van der Waals surface area (Å²) >= 11 is 0. The highest BCUT2D eigenvalue weighted by Gasteiger charge is 2.40. The summed E-state index contributed by atoms with van der Waals surface area (Å²) in [6.45, 7) is 4.18. The van der Waals surface area contributed by atoms with Gasteiger partial charge in [0.25, 0.3) is 0 Å². The van der Waals surface area contributed by atoms with Crippen molar-refractivity contribution in [1.29, 1.82) is 0 Å². The summed E-state index contributed by atoms with van der Waals surface area (Å²) in [6, 6.07) is 19.4. The fraction of sp³-hybridized carbons (Fsp3) is 0.422. The molecule has 0 spiro atoms. The minimum absolute atomic E-state index is 0.0258. The highest BCUT2D eigenvalue weighted by atomic mass is 16.5. The van der Waals surface area contributed by atoms with Gasteiger partial charge in [0.2, 0.25) is 11.8 Å². The number of nitrogens with one attached hydrogen (secondary N) is 4. The second-order valence-electron chi connectivity index (χ2n) is 15.8. The van der Waals surface area contributed by atoms with Crippen LogP contribution in [-0.4, -0.2) is 106 Å². The molecule has 8 rings (SSSR count). The maximum atomic E-state index is 14.0. The molecular formula is C45H52N8O7. The number of hydrogen-bond acceptors (Lipinski definition) is 9. The van der Waals surface area contributed by atoms with Gasteiger partial charge in [-0.25, -0.2) is 19.6 Å². The summed E-state index contributed by atoms with van der Waals surface area (Å²) in [5.74, 6) is 1.19. The molecule has 314 valence electrons. The first-order chi connectivity index (χ1) is 29.2. The Morgan fingerprint density at radius 3 is 1.82 bits per heavy atom. The van der Waals surface area contributed by atoms with Gasteiger partial charge in [0.05, 0.1) is 50.1 Å². The Labute approximate surface area is 348 Å². The Bertz CT molecular complexity index is 2330. The van der Waals surface area contributed by atoms with Crippen molar-refractivity contribution >= 4 is 34.8 Å². The number of alkyl carbamates (subject to hydrolysis) is 2. The van der Waals surface area contributed by atoms with Gasteiger partial charge in [-0.05, 0) is 90.5 Å². The molecule has 4 N–H and O–H groups in total. The van der Waals surface area contributed by atoms with Gasteiger partial charge >= 0.3 is 12.2 Å². The van der Waals surface area contributed by atoms with E-state index in [0.29, 0.717) is 45.6 Å². The predicted octanol–water partition coefficient (Wildman–Crippen LogP) is 6.90. The van der Waals surface area contributed by atoms with Crippen LogP contribution in [0.2, 0.25) is 0 Å². The van der Waals surface area contributed by atoms with E-state index in [1.165, 1.54) is 14.2 Å². The van der Waals surface area contributed by atoms with Crippen molar-refractivity contribution in [3.8, 4) is 33.6 Å². The number of benzene rings is 3. The normalized spacial score (nSPS) is 19.2. The molecule has 2 aromatic heterocycles. The van der Waals surface area contributed by atoms with Crippen LogP contribution in [0.4, 0.5) is 9.59 Å². The summed E-state index contributed by atoms with van der Waals surface area (Å²) in [4.78, 5) is 71.5. The molecule has 5 aromatic rings. The molecule has 15 nitrogen and oxygen atoms in total. The van der Waals surface area contributed by atoms with Gasteiger partial charge in [-0.15, -0.1) is 0 Å². The standard InChI is InChI=1S/C45H52N8O7/c1-4-34(50-44(56)58-2)42(54)52-19-5-7-37(52)40-47-26-36(49-40)33-16-15-31-23-30(13-14-32(31)24-33)27-9-11-28(12-10-27)35-25-46-41(48-35)38-8-6-20-53(38)43(55)39(51-45(57)59-3)29-17-21-60-22-18-29/h9-16,23-26,29,34,37-39H,4-8,17-22H2,1-3H3,(H,46,48)(H,47,49)(H,50,56)(H,51,57). The SMILES string of the molecule is CCC(NC(=O)OC)C(=O)N1CCCC1c1ncc(-c2ccc3cc(-c4ccc(-c5cnc(C6CCCN6C(=O)C(NC(=O)OC)C6CCOCC6)[nH]5)cc4)ccc3c2)[nH]1. The number of H-pyrrole nitrogens is 2. The number of hydrogen-bond donors (Lipinski definition) is 4. The lowest BCUT2D eigenvalue weighted by Gasteiger charge is -2.34. The third-order valence-corrected chi connectivity index (χ3v) is 12.2. The Kier molecular flexibility index (Phi) is 12.1. The smallest absolute Gasteiger partial charge is 0.407 e. The van der Waals surface area contributed by atoms with E-state index in [2.05, 4.69) is 81.3 Å². The summed E-state index contributed by atoms with van der Waals surface area (Å²) < 4.78 is 15.1. The number of aromatic amines is 2. The Morgan fingerprint density at radius 1 is 0.700 bits per heavy atom. The minimum Gasteiger partial charge on any atom is -0.453 e. The van der Waals surface area contributed by atoms with Gasteiger partial charge in [-0.3, -0.25) is 9.59 Å². The molecule has 3 fully saturated rings. The number of nitrogens with zero attached hydrogens (tertiary/aromatic N) is 4. The number of ether oxygens (including phenoxy) is 3. The molecule has 3 aromatic carbocycles. The third-order valence-electron chi connectivity index (χ3n) is 12.2. The summed E-state index contributed by atoms with van der Waals surface area (Å²) in [6.07, 6.45) is 7.52. The zero-order valence-electron chi connectivity index (χ0n) is 34.2. The highest BCUT2D eigenvalue weighted by Crippen LogP contribution is 2.36. The van der Waals surface area contributed by atoms with Crippen molar-refractivity contribution in [2.45, 2.75) is 76.0 Å². The number of rotatable bonds is 11. The zero-order valence-corrected chi connectivity index (χ0v) is 34.2. The van der Waals surface area contributed by atoms with Crippen LogP contribution >= 0.6 is 0 Å². The van der Waals surface area contributed by atoms with Crippen LogP contribution in [0.1, 0.15) is 75.6 Å². The van der Waals surface area contributed by atoms with Crippen LogP contribution in [-0.2, 0) is 23.8 Å². The number of imidazole rings is 2. The lowest BCUT2D eigenvalue weighted by molar-refractivity contribution is -0.137. The molecule has 0 aliphatic carbocycles. The summed E-state index contributed by atoms with van der Waals surface area (Å²) in [7, 11) is 2.60. The summed E-state index contributed by atoms with van der Waals surface area (Å²) in [5, 5.41) is 7.66. The molecule has 3 saturated heterocycles. The molecule has 3 aliphatic heterocycles. The fourth-order valence-electron chi connectivity index (χ4n) is 8.90. The Morgan fingerprint density at radius 2 is 1.22 bits per heavy atom. The molecule has 4 atom stereocenters. The van der Waals surface area contributed by atoms with Crippen LogP contribution < -0.4 is 10.6 Å². The van der Waals surface area contributed by atoms with E-state index in [1.807, 2.05) is 24.2 Å². The van der Waals surface area contributed by atoms with Crippen molar-refractivity contribution in [1.82, 2.24) is 40.4 Å². The molecule has 0 bridgehead atoms. The molecular weight excluding hydrogens is 765 g/mol. The van der Waals surface area contributed by atoms with Crippen LogP contribution in [0, 0.1) is 5.92 Å². The van der Waals surface area contributed by atoms with Crippen molar-refractivity contribution < 1.29 is 33.4 Å². The monoisotopic (exact) mass is 816 g/mol. The van der Waals surface area contributed by atoms with Crippen molar-refractivity contribution in [3.05, 3.63) is 84.7 Å². The second-order valence-corrected chi connectivity index (χ2v) is 15.8. The quantitative estimate of drug-likeness (QED) is 0.110. The Hall–Kier alpha value is -6.22. The molecule has 15 heteroatoms. The lowest BCUT2D eigenvalue weighted by Crippen LogP contribution is -2.53. The van der Waals surface area contributed by atoms with Crippen LogP contribution in [0.3, 0.4) is 0 Å². The molecule has 4 amide bonds. The van der Waals surface area contributed by atoms with E-state index in [-0.39, 0.29) is 29.8 Å². The first kappa shape index (κ1) is 40.6. The number of amides is 4. The first-order valence-corrected chi connectivity index (χ1v) is 20.9. The van der Waals surface area contributed by atoms with E-state index in [4.69, 9.17) is 24.2 Å². The number of aromatic nitrogens is 4. The van der Waals surface area contributed by atoms with Gasteiger partial charge in [0, 0.05) is 31.9 Å². The third kappa shape index (κ3) is 8.44. The Balaban J connectivity index is 0.933. The topological polar surface area (TPSA) is 184 Å². The van der Waals surface area contributed by atoms with Crippen LogP contribution in [0.25, 0.3) is 44.4 Å². The molecule has 5 heterocycles. The van der Waals surface area contributed by atoms with E-state index < -0.39 is 24.3 Å². The van der Waals surface area contributed by atoms with Gasteiger partial charge < -0.3 is 44.6 Å². The maximum absolute atomic E-state index is 14.0. The van der Waals surface area contributed by atoms with Crippen molar-refractivity contribution in [2.24, 2.45) is 5.92 Å². The molecule has 3 aliphatic rings. The van der Waals surface area contributed by atoms with E-state index >= 15 is 0 Å². The van der Waals surface area contributed by atoms with Gasteiger partial charge in [0.15, 0.2) is 0 Å². The summed E-state index contributed by atoms with van der Waals surface area (Å²) in [5.41, 5.74) is 5.89. The van der Waals surface area contributed by atoms with Gasteiger partial charge in [0.1, 0.15) is 23.7 Å². The number of methoxy groups -OCH3 is 2. The zero-order chi connectivity index (χ0) is 41.8. The van der Waals surface area contributed by atoms with E-state index in [0.717, 1.165) is 81.7 Å². The average Bonchev–Trinajstić information content (AvgIpc) is 4.14. The van der Waals surface area contributed by atoms with Crippen molar-refractivity contribution in [2.75, 3.05) is 40.5 Å². The first-order valence-electron chi connectivity index (χ1n) is 20.9. The number of likely N-dealkylation sites (tertiary alicyclic amines) is 2. The lowest BCUT2D eigenvalue weighted by atomic mass is 9.90. The number of fused-ring (bicyclic) bond motifs is 1. The van der Waals surface area contributed by atoms with E-state index in [9.17, 15) is 19.2 Å². The van der Waals surface area contributed by atoms with Gasteiger partial charge in [-0.2, -0.15) is 0 Å². The second kappa shape index (κ2) is 18.0. The highest BCUT2D eigenvalue weighted by molar-refractivity contribution is 5.91. The van der Waals surface area contributed by atoms with Crippen LogP contribution in [0.15, 0.2) is 73.1 Å². The largest absolute Gasteiger partial charge is 0.453 e. The molecule has 60 heavy (non-hydrogen) atoms. The fourth-order valence-corrected chi connectivity index (χ4v) is 8.90. The minimum atomic E-state index is -0.682. The van der Waals surface area contributed by atoms with E-state index in [1.54, 1.807) is 4.90 Å². The molecule has 0 radical (unpaired) electrons.